The Balaban J connectivity index is 2.24. The maximum Gasteiger partial charge on any atom is 0.119 e. The summed E-state index contributed by atoms with van der Waals surface area (Å²) in [4.78, 5) is 0. The van der Waals surface area contributed by atoms with Gasteiger partial charge in [-0.05, 0) is 24.1 Å². The molecule has 1 rings (SSSR count). The molecule has 0 fully saturated rings. The van der Waals surface area contributed by atoms with E-state index in [1.807, 2.05) is 18.2 Å². The lowest BCUT2D eigenvalue weighted by molar-refractivity contribution is 0.101. The van der Waals surface area contributed by atoms with Crippen LogP contribution in [0, 0.1) is 0 Å². The molecule has 0 bridgehead atoms. The molecule has 0 radical (unpaired) electrons. The molecule has 0 aliphatic carbocycles. The Bertz CT molecular complexity index is 276. The van der Waals surface area contributed by atoms with Crippen molar-refractivity contribution in [1.29, 1.82) is 0 Å². The number of hydrogen-bond acceptors (Lipinski definition) is 2. The molecule has 0 aliphatic heterocycles. The average molecular weight is 273 g/mol. The van der Waals surface area contributed by atoms with Crippen molar-refractivity contribution in [2.45, 2.75) is 18.7 Å². The number of alkyl halides is 1. The van der Waals surface area contributed by atoms with Crippen molar-refractivity contribution >= 4 is 15.9 Å². The zero-order chi connectivity index (χ0) is 10.9. The summed E-state index contributed by atoms with van der Waals surface area (Å²) in [7, 11) is 0. The summed E-state index contributed by atoms with van der Waals surface area (Å²) in [5.74, 6) is 0.909. The Morgan fingerprint density at radius 3 is 2.80 bits per heavy atom. The Labute approximate surface area is 99.7 Å². The highest BCUT2D eigenvalue weighted by Gasteiger charge is 1.95. The molecule has 0 atom stereocenters. The number of benzene rings is 1. The lowest BCUT2D eigenvalue weighted by atomic mass is 10.2. The summed E-state index contributed by atoms with van der Waals surface area (Å²) < 4.78 is 10.9. The maximum absolute atomic E-state index is 5.55. The first-order chi connectivity index (χ1) is 7.36. The first-order valence-corrected chi connectivity index (χ1v) is 6.34. The van der Waals surface area contributed by atoms with E-state index in [0.29, 0.717) is 13.2 Å². The monoisotopic (exact) mass is 272 g/mol. The normalized spacial score (nSPS) is 10.3. The molecule has 0 spiro atoms. The van der Waals surface area contributed by atoms with Gasteiger partial charge in [-0.3, -0.25) is 0 Å². The SMILES string of the molecule is CCCOCCOc1cccc(CBr)c1. The van der Waals surface area contributed by atoms with E-state index in [1.54, 1.807) is 0 Å². The van der Waals surface area contributed by atoms with Crippen molar-refractivity contribution in [3.8, 4) is 5.75 Å². The summed E-state index contributed by atoms with van der Waals surface area (Å²) >= 11 is 3.41. The molecule has 0 aromatic heterocycles. The fourth-order valence-electron chi connectivity index (χ4n) is 1.18. The van der Waals surface area contributed by atoms with Gasteiger partial charge in [0.15, 0.2) is 0 Å². The van der Waals surface area contributed by atoms with Crippen molar-refractivity contribution < 1.29 is 9.47 Å². The molecule has 0 unspecified atom stereocenters. The number of halogens is 1. The van der Waals surface area contributed by atoms with Crippen molar-refractivity contribution in [1.82, 2.24) is 0 Å². The molecule has 0 saturated heterocycles. The molecular formula is C12H17BrO2. The van der Waals surface area contributed by atoms with E-state index in [4.69, 9.17) is 9.47 Å². The summed E-state index contributed by atoms with van der Waals surface area (Å²) in [6.07, 6.45) is 1.05. The van der Waals surface area contributed by atoms with Crippen molar-refractivity contribution in [3.05, 3.63) is 29.8 Å². The van der Waals surface area contributed by atoms with Crippen LogP contribution in [0.1, 0.15) is 18.9 Å². The van der Waals surface area contributed by atoms with E-state index < -0.39 is 0 Å². The third-order valence-corrected chi connectivity index (χ3v) is 2.55. The van der Waals surface area contributed by atoms with Crippen LogP contribution in [0.2, 0.25) is 0 Å². The predicted octanol–water partition coefficient (Wildman–Crippen LogP) is 3.39. The van der Waals surface area contributed by atoms with Crippen LogP contribution in [0.3, 0.4) is 0 Å². The standard InChI is InChI=1S/C12H17BrO2/c1-2-6-14-7-8-15-12-5-3-4-11(9-12)10-13/h3-5,9H,2,6-8,10H2,1H3. The van der Waals surface area contributed by atoms with E-state index in [0.717, 1.165) is 24.1 Å². The van der Waals surface area contributed by atoms with Gasteiger partial charge in [0.05, 0.1) is 6.61 Å². The quantitative estimate of drug-likeness (QED) is 0.560. The molecule has 0 saturated carbocycles. The average Bonchev–Trinajstić information content (AvgIpc) is 2.29. The van der Waals surface area contributed by atoms with Crippen molar-refractivity contribution in [3.63, 3.8) is 0 Å². The molecule has 84 valence electrons. The molecule has 0 aliphatic rings. The summed E-state index contributed by atoms with van der Waals surface area (Å²) in [6.45, 7) is 4.18. The van der Waals surface area contributed by atoms with E-state index in [-0.39, 0.29) is 0 Å². The Morgan fingerprint density at radius 2 is 2.07 bits per heavy atom. The number of ether oxygens (including phenoxy) is 2. The minimum absolute atomic E-state index is 0.617. The molecule has 3 heteroatoms. The first kappa shape index (κ1) is 12.5. The van der Waals surface area contributed by atoms with Gasteiger partial charge in [0.1, 0.15) is 12.4 Å². The highest BCUT2D eigenvalue weighted by Crippen LogP contribution is 2.15. The molecule has 0 heterocycles. The maximum atomic E-state index is 5.55. The summed E-state index contributed by atoms with van der Waals surface area (Å²) in [6, 6.07) is 8.06. The van der Waals surface area contributed by atoms with Crippen LogP contribution in [0.4, 0.5) is 0 Å². The lowest BCUT2D eigenvalue weighted by Gasteiger charge is -2.07. The molecular weight excluding hydrogens is 256 g/mol. The van der Waals surface area contributed by atoms with Crippen molar-refractivity contribution in [2.24, 2.45) is 0 Å². The third kappa shape index (κ3) is 5.19. The highest BCUT2D eigenvalue weighted by atomic mass is 79.9. The molecule has 2 nitrogen and oxygen atoms in total. The van der Waals surface area contributed by atoms with Gasteiger partial charge >= 0.3 is 0 Å². The van der Waals surface area contributed by atoms with Crippen LogP contribution in [0.15, 0.2) is 24.3 Å². The molecule has 1 aromatic carbocycles. The Kier molecular flexibility index (Phi) is 6.44. The zero-order valence-corrected chi connectivity index (χ0v) is 10.6. The van der Waals surface area contributed by atoms with Gasteiger partial charge in [0.2, 0.25) is 0 Å². The van der Waals surface area contributed by atoms with Crippen LogP contribution < -0.4 is 4.74 Å². The minimum Gasteiger partial charge on any atom is -0.491 e. The van der Waals surface area contributed by atoms with E-state index >= 15 is 0 Å². The summed E-state index contributed by atoms with van der Waals surface area (Å²) in [5.41, 5.74) is 1.22. The van der Waals surface area contributed by atoms with Crippen LogP contribution in [0.25, 0.3) is 0 Å². The van der Waals surface area contributed by atoms with Gasteiger partial charge in [-0.1, -0.05) is 35.0 Å². The van der Waals surface area contributed by atoms with Crippen LogP contribution >= 0.6 is 15.9 Å². The van der Waals surface area contributed by atoms with Crippen LogP contribution in [-0.4, -0.2) is 19.8 Å². The van der Waals surface area contributed by atoms with E-state index in [1.165, 1.54) is 5.56 Å². The van der Waals surface area contributed by atoms with Crippen LogP contribution in [-0.2, 0) is 10.1 Å². The van der Waals surface area contributed by atoms with Gasteiger partial charge in [0.25, 0.3) is 0 Å². The predicted molar refractivity (Wildman–Crippen MR) is 65.7 cm³/mol. The second-order valence-electron chi connectivity index (χ2n) is 3.24. The molecule has 1 aromatic rings. The molecule has 0 amide bonds. The topological polar surface area (TPSA) is 18.5 Å². The largest absolute Gasteiger partial charge is 0.491 e. The fourth-order valence-corrected chi connectivity index (χ4v) is 1.53. The third-order valence-electron chi connectivity index (χ3n) is 1.90. The second-order valence-corrected chi connectivity index (χ2v) is 3.80. The van der Waals surface area contributed by atoms with Crippen molar-refractivity contribution in [2.75, 3.05) is 19.8 Å². The number of rotatable bonds is 7. The number of hydrogen-bond donors (Lipinski definition) is 0. The Morgan fingerprint density at radius 1 is 1.20 bits per heavy atom. The van der Waals surface area contributed by atoms with Gasteiger partial charge in [-0.2, -0.15) is 0 Å². The smallest absolute Gasteiger partial charge is 0.119 e. The minimum atomic E-state index is 0.617. The zero-order valence-electron chi connectivity index (χ0n) is 9.04. The van der Waals surface area contributed by atoms with E-state index in [9.17, 15) is 0 Å². The van der Waals surface area contributed by atoms with Crippen LogP contribution in [0.5, 0.6) is 5.75 Å². The summed E-state index contributed by atoms with van der Waals surface area (Å²) in [5, 5.41) is 0.858. The lowest BCUT2D eigenvalue weighted by Crippen LogP contribution is -2.07. The highest BCUT2D eigenvalue weighted by molar-refractivity contribution is 9.08. The first-order valence-electron chi connectivity index (χ1n) is 5.22. The Hall–Kier alpha value is -0.540. The van der Waals surface area contributed by atoms with Gasteiger partial charge < -0.3 is 9.47 Å². The van der Waals surface area contributed by atoms with Gasteiger partial charge in [0, 0.05) is 11.9 Å². The van der Waals surface area contributed by atoms with Gasteiger partial charge in [-0.15, -0.1) is 0 Å². The van der Waals surface area contributed by atoms with Gasteiger partial charge in [-0.25, -0.2) is 0 Å². The fraction of sp³-hybridized carbons (Fsp3) is 0.500. The second kappa shape index (κ2) is 7.71. The molecule has 15 heavy (non-hydrogen) atoms. The molecule has 0 N–H and O–H groups in total. The van der Waals surface area contributed by atoms with E-state index in [2.05, 4.69) is 28.9 Å².